The summed E-state index contributed by atoms with van der Waals surface area (Å²) < 4.78 is 1.03. The average molecular weight is 219 g/mol. The molecule has 2 aromatic rings. The van der Waals surface area contributed by atoms with Crippen LogP contribution in [0.15, 0.2) is 29.3 Å². The molecule has 1 heterocycles. The van der Waals surface area contributed by atoms with Crippen molar-refractivity contribution in [2.45, 2.75) is 6.54 Å². The van der Waals surface area contributed by atoms with E-state index in [4.69, 9.17) is 10.8 Å². The van der Waals surface area contributed by atoms with Crippen LogP contribution in [0, 0.1) is 0 Å². The largest absolute Gasteiger partial charge is 0.480 e. The maximum absolute atomic E-state index is 11.8. The Labute approximate surface area is 89.9 Å². The molecule has 0 atom stereocenters. The zero-order valence-corrected chi connectivity index (χ0v) is 8.25. The molecular weight excluding hydrogens is 210 g/mol. The molecule has 16 heavy (non-hydrogen) atoms. The van der Waals surface area contributed by atoms with Gasteiger partial charge in [-0.3, -0.25) is 14.2 Å². The Morgan fingerprint density at radius 1 is 1.50 bits per heavy atom. The molecule has 0 aliphatic rings. The van der Waals surface area contributed by atoms with Crippen molar-refractivity contribution in [3.05, 3.63) is 34.9 Å². The Bertz CT molecular complexity index is 618. The Morgan fingerprint density at radius 3 is 2.94 bits per heavy atom. The lowest BCUT2D eigenvalue weighted by molar-refractivity contribution is -0.137. The van der Waals surface area contributed by atoms with Crippen LogP contribution in [0.25, 0.3) is 10.9 Å². The van der Waals surface area contributed by atoms with Gasteiger partial charge in [-0.15, -0.1) is 0 Å². The van der Waals surface area contributed by atoms with Crippen LogP contribution in [0.1, 0.15) is 0 Å². The number of rotatable bonds is 2. The van der Waals surface area contributed by atoms with Crippen LogP contribution >= 0.6 is 0 Å². The number of nitrogen functional groups attached to an aromatic ring is 1. The maximum Gasteiger partial charge on any atom is 0.323 e. The number of nitrogens with two attached hydrogens (primary N) is 1. The minimum atomic E-state index is -1.09. The van der Waals surface area contributed by atoms with E-state index in [-0.39, 0.29) is 0 Å². The lowest BCUT2D eigenvalue weighted by atomic mass is 10.2. The highest BCUT2D eigenvalue weighted by molar-refractivity contribution is 5.81. The molecule has 0 saturated carbocycles. The highest BCUT2D eigenvalue weighted by atomic mass is 16.4. The predicted octanol–water partition coefficient (Wildman–Crippen LogP) is 0.0633. The Kier molecular flexibility index (Phi) is 2.32. The number of carbonyl (C=O) groups is 1. The third-order valence-corrected chi connectivity index (χ3v) is 2.15. The van der Waals surface area contributed by atoms with Crippen LogP contribution in [-0.2, 0) is 11.3 Å². The van der Waals surface area contributed by atoms with E-state index in [0.29, 0.717) is 16.6 Å². The van der Waals surface area contributed by atoms with Gasteiger partial charge in [0.25, 0.3) is 5.56 Å². The van der Waals surface area contributed by atoms with Crippen molar-refractivity contribution in [3.8, 4) is 0 Å². The standard InChI is InChI=1S/C10H9N3O3/c11-6-1-2-8-7(3-6)10(16)13(5-12-8)4-9(14)15/h1-3,5H,4,11H2,(H,14,15). The first-order valence-electron chi connectivity index (χ1n) is 4.54. The fourth-order valence-electron chi connectivity index (χ4n) is 1.43. The molecule has 0 saturated heterocycles. The van der Waals surface area contributed by atoms with Gasteiger partial charge in [0.1, 0.15) is 6.54 Å². The SMILES string of the molecule is Nc1ccc2ncn(CC(=O)O)c(=O)c2c1. The van der Waals surface area contributed by atoms with E-state index in [0.717, 1.165) is 4.57 Å². The smallest absolute Gasteiger partial charge is 0.323 e. The second-order valence-corrected chi connectivity index (χ2v) is 3.35. The van der Waals surface area contributed by atoms with Crippen molar-refractivity contribution >= 4 is 22.6 Å². The first kappa shape index (κ1) is 10.2. The van der Waals surface area contributed by atoms with Gasteiger partial charge in [0.2, 0.25) is 0 Å². The number of aliphatic carboxylic acids is 1. The molecule has 0 spiro atoms. The summed E-state index contributed by atoms with van der Waals surface area (Å²) in [5.74, 6) is -1.09. The van der Waals surface area contributed by atoms with Crippen LogP contribution in [0.5, 0.6) is 0 Å². The number of aromatic nitrogens is 2. The van der Waals surface area contributed by atoms with Gasteiger partial charge in [-0.25, -0.2) is 4.98 Å². The van der Waals surface area contributed by atoms with Crippen LogP contribution in [0.3, 0.4) is 0 Å². The molecular formula is C10H9N3O3. The van der Waals surface area contributed by atoms with Gasteiger partial charge in [0, 0.05) is 5.69 Å². The maximum atomic E-state index is 11.8. The summed E-state index contributed by atoms with van der Waals surface area (Å²) in [6, 6.07) is 4.75. The van der Waals surface area contributed by atoms with Crippen LogP contribution in [0.4, 0.5) is 5.69 Å². The molecule has 2 rings (SSSR count). The topological polar surface area (TPSA) is 98.2 Å². The van der Waals surface area contributed by atoms with Gasteiger partial charge in [-0.05, 0) is 18.2 Å². The van der Waals surface area contributed by atoms with Crippen molar-refractivity contribution in [1.29, 1.82) is 0 Å². The minimum absolute atomic E-state index is 0.323. The first-order valence-corrected chi connectivity index (χ1v) is 4.54. The van der Waals surface area contributed by atoms with Crippen molar-refractivity contribution in [1.82, 2.24) is 9.55 Å². The van der Waals surface area contributed by atoms with Gasteiger partial charge in [0.05, 0.1) is 17.2 Å². The first-order chi connectivity index (χ1) is 7.58. The fraction of sp³-hybridized carbons (Fsp3) is 0.100. The van der Waals surface area contributed by atoms with E-state index in [1.807, 2.05) is 0 Å². The zero-order chi connectivity index (χ0) is 11.7. The molecule has 0 fully saturated rings. The predicted molar refractivity (Wildman–Crippen MR) is 58.1 cm³/mol. The number of hydrogen-bond donors (Lipinski definition) is 2. The highest BCUT2D eigenvalue weighted by Crippen LogP contribution is 2.10. The molecule has 0 radical (unpaired) electrons. The molecule has 82 valence electrons. The zero-order valence-electron chi connectivity index (χ0n) is 8.25. The molecule has 0 amide bonds. The number of carboxylic acid groups (broad SMARTS) is 1. The Hall–Kier alpha value is -2.37. The number of nitrogens with zero attached hydrogens (tertiary/aromatic N) is 2. The van der Waals surface area contributed by atoms with Crippen molar-refractivity contribution < 1.29 is 9.90 Å². The molecule has 3 N–H and O–H groups in total. The van der Waals surface area contributed by atoms with Crippen molar-refractivity contribution in [3.63, 3.8) is 0 Å². The lowest BCUT2D eigenvalue weighted by Gasteiger charge is -2.03. The summed E-state index contributed by atoms with van der Waals surface area (Å²) in [7, 11) is 0. The molecule has 0 aliphatic heterocycles. The Balaban J connectivity index is 2.68. The van der Waals surface area contributed by atoms with E-state index in [1.54, 1.807) is 12.1 Å². The average Bonchev–Trinajstić information content (AvgIpc) is 2.22. The van der Waals surface area contributed by atoms with E-state index in [9.17, 15) is 9.59 Å². The third kappa shape index (κ3) is 1.72. The molecule has 1 aromatic heterocycles. The second kappa shape index (κ2) is 3.65. The third-order valence-electron chi connectivity index (χ3n) is 2.15. The van der Waals surface area contributed by atoms with E-state index in [2.05, 4.69) is 4.98 Å². The quantitative estimate of drug-likeness (QED) is 0.696. The summed E-state index contributed by atoms with van der Waals surface area (Å²) in [5, 5.41) is 8.93. The van der Waals surface area contributed by atoms with Crippen LogP contribution in [0.2, 0.25) is 0 Å². The van der Waals surface area contributed by atoms with Gasteiger partial charge in [-0.2, -0.15) is 0 Å². The van der Waals surface area contributed by atoms with Gasteiger partial charge in [-0.1, -0.05) is 0 Å². The van der Waals surface area contributed by atoms with Gasteiger partial charge in [0.15, 0.2) is 0 Å². The van der Waals surface area contributed by atoms with E-state index < -0.39 is 18.1 Å². The number of benzene rings is 1. The minimum Gasteiger partial charge on any atom is -0.480 e. The van der Waals surface area contributed by atoms with E-state index in [1.165, 1.54) is 12.4 Å². The summed E-state index contributed by atoms with van der Waals surface area (Å²) in [5.41, 5.74) is 6.09. The monoisotopic (exact) mass is 219 g/mol. The lowest BCUT2D eigenvalue weighted by Crippen LogP contribution is -2.24. The van der Waals surface area contributed by atoms with Gasteiger partial charge >= 0.3 is 5.97 Å². The summed E-state index contributed by atoms with van der Waals surface area (Å²) in [6.45, 7) is -0.406. The second-order valence-electron chi connectivity index (χ2n) is 3.35. The molecule has 0 unspecified atom stereocenters. The van der Waals surface area contributed by atoms with Crippen LogP contribution in [-0.4, -0.2) is 20.6 Å². The fourth-order valence-corrected chi connectivity index (χ4v) is 1.43. The number of fused-ring (bicyclic) bond motifs is 1. The van der Waals surface area contributed by atoms with Crippen molar-refractivity contribution in [2.75, 3.05) is 5.73 Å². The van der Waals surface area contributed by atoms with E-state index >= 15 is 0 Å². The van der Waals surface area contributed by atoms with Crippen LogP contribution < -0.4 is 11.3 Å². The summed E-state index contributed by atoms with van der Waals surface area (Å²) >= 11 is 0. The molecule has 6 nitrogen and oxygen atoms in total. The van der Waals surface area contributed by atoms with Gasteiger partial charge < -0.3 is 10.8 Å². The number of carboxylic acids is 1. The molecule has 0 aliphatic carbocycles. The number of hydrogen-bond acceptors (Lipinski definition) is 4. The molecule has 0 bridgehead atoms. The van der Waals surface area contributed by atoms with Crippen molar-refractivity contribution in [2.24, 2.45) is 0 Å². The normalized spacial score (nSPS) is 10.5. The number of anilines is 1. The Morgan fingerprint density at radius 2 is 2.25 bits per heavy atom. The molecule has 6 heteroatoms. The summed E-state index contributed by atoms with van der Waals surface area (Å²) in [4.78, 5) is 26.3. The molecule has 1 aromatic carbocycles. The summed E-state index contributed by atoms with van der Waals surface area (Å²) in [6.07, 6.45) is 1.22. The highest BCUT2D eigenvalue weighted by Gasteiger charge is 2.06.